The standard InChI is InChI=1S/C15H20N6O3S/c1-9-12(14(23)24)25-15(17-9)18-11(22)7-21-5-3-10(4-6-21)13-19-16-8-20(13)2/h8,10H,3-7H2,1-2H3,(H,23,24)(H,17,18,22). The molecule has 9 nitrogen and oxygen atoms in total. The molecule has 134 valence electrons. The average molecular weight is 364 g/mol. The summed E-state index contributed by atoms with van der Waals surface area (Å²) in [5.74, 6) is 0.152. The maximum atomic E-state index is 12.2. The van der Waals surface area contributed by atoms with E-state index in [4.69, 9.17) is 5.11 Å². The number of piperidine rings is 1. The average Bonchev–Trinajstić information content (AvgIpc) is 3.14. The molecular formula is C15H20N6O3S. The van der Waals surface area contributed by atoms with E-state index in [1.54, 1.807) is 13.3 Å². The van der Waals surface area contributed by atoms with Crippen molar-refractivity contribution in [2.45, 2.75) is 25.7 Å². The molecule has 1 aliphatic rings. The van der Waals surface area contributed by atoms with Crippen molar-refractivity contribution in [1.82, 2.24) is 24.6 Å². The summed E-state index contributed by atoms with van der Waals surface area (Å²) in [6.45, 7) is 3.50. The number of carboxylic acid groups (broad SMARTS) is 1. The third kappa shape index (κ3) is 4.02. The number of aryl methyl sites for hydroxylation is 2. The Balaban J connectivity index is 1.50. The van der Waals surface area contributed by atoms with Crippen LogP contribution in [0.25, 0.3) is 0 Å². The molecule has 0 spiro atoms. The van der Waals surface area contributed by atoms with Gasteiger partial charge in [0.15, 0.2) is 5.13 Å². The van der Waals surface area contributed by atoms with Gasteiger partial charge in [-0.15, -0.1) is 10.2 Å². The van der Waals surface area contributed by atoms with Gasteiger partial charge in [0, 0.05) is 13.0 Å². The molecule has 2 N–H and O–H groups in total. The fourth-order valence-corrected chi connectivity index (χ4v) is 3.84. The molecule has 1 fully saturated rings. The van der Waals surface area contributed by atoms with Gasteiger partial charge in [-0.25, -0.2) is 9.78 Å². The first kappa shape index (κ1) is 17.5. The number of rotatable bonds is 5. The Morgan fingerprint density at radius 2 is 2.12 bits per heavy atom. The summed E-state index contributed by atoms with van der Waals surface area (Å²) >= 11 is 0.979. The molecule has 2 aromatic rings. The highest BCUT2D eigenvalue weighted by atomic mass is 32.1. The molecule has 10 heteroatoms. The Morgan fingerprint density at radius 1 is 1.40 bits per heavy atom. The van der Waals surface area contributed by atoms with Crippen molar-refractivity contribution < 1.29 is 14.7 Å². The van der Waals surface area contributed by atoms with Gasteiger partial charge in [-0.05, 0) is 32.9 Å². The quantitative estimate of drug-likeness (QED) is 0.816. The molecule has 3 rings (SSSR count). The van der Waals surface area contributed by atoms with Gasteiger partial charge in [0.25, 0.3) is 0 Å². The molecule has 0 bridgehead atoms. The third-order valence-electron chi connectivity index (χ3n) is 4.30. The van der Waals surface area contributed by atoms with Crippen LogP contribution in [0.3, 0.4) is 0 Å². The number of hydrogen-bond donors (Lipinski definition) is 2. The van der Waals surface area contributed by atoms with E-state index in [0.717, 1.165) is 43.1 Å². The maximum absolute atomic E-state index is 12.2. The van der Waals surface area contributed by atoms with Crippen molar-refractivity contribution in [2.24, 2.45) is 7.05 Å². The molecule has 0 saturated carbocycles. The molecule has 1 aliphatic heterocycles. The largest absolute Gasteiger partial charge is 0.477 e. The van der Waals surface area contributed by atoms with E-state index in [9.17, 15) is 9.59 Å². The van der Waals surface area contributed by atoms with E-state index in [0.29, 0.717) is 16.7 Å². The van der Waals surface area contributed by atoms with Gasteiger partial charge in [-0.2, -0.15) is 0 Å². The fraction of sp³-hybridized carbons (Fsp3) is 0.533. The zero-order valence-electron chi connectivity index (χ0n) is 14.1. The number of anilines is 1. The summed E-state index contributed by atoms with van der Waals surface area (Å²) in [5, 5.41) is 20.1. The fourth-order valence-electron chi connectivity index (χ4n) is 3.02. The van der Waals surface area contributed by atoms with Crippen molar-refractivity contribution in [2.75, 3.05) is 25.0 Å². The molecule has 1 saturated heterocycles. The minimum absolute atomic E-state index is 0.153. The molecule has 0 atom stereocenters. The van der Waals surface area contributed by atoms with Gasteiger partial charge in [0.05, 0.1) is 12.2 Å². The summed E-state index contributed by atoms with van der Waals surface area (Å²) in [6.07, 6.45) is 3.56. The topological polar surface area (TPSA) is 113 Å². The second kappa shape index (κ2) is 7.28. The Morgan fingerprint density at radius 3 is 2.68 bits per heavy atom. The molecule has 2 aromatic heterocycles. The van der Waals surface area contributed by atoms with E-state index in [1.807, 2.05) is 11.6 Å². The van der Waals surface area contributed by atoms with Crippen LogP contribution in [0.15, 0.2) is 6.33 Å². The first-order chi connectivity index (χ1) is 11.9. The molecule has 0 aromatic carbocycles. The molecule has 0 aliphatic carbocycles. The molecule has 0 unspecified atom stereocenters. The van der Waals surface area contributed by atoms with Crippen LogP contribution in [0, 0.1) is 6.92 Å². The van der Waals surface area contributed by atoms with Crippen molar-refractivity contribution in [3.63, 3.8) is 0 Å². The zero-order valence-corrected chi connectivity index (χ0v) is 14.9. The van der Waals surface area contributed by atoms with Crippen LogP contribution >= 0.6 is 11.3 Å². The van der Waals surface area contributed by atoms with E-state index in [1.165, 1.54) is 0 Å². The molecule has 0 radical (unpaired) electrons. The highest BCUT2D eigenvalue weighted by Gasteiger charge is 2.25. The Kier molecular flexibility index (Phi) is 5.09. The number of likely N-dealkylation sites (tertiary alicyclic amines) is 1. The number of nitrogens with one attached hydrogen (secondary N) is 1. The number of carbonyl (C=O) groups is 2. The normalized spacial score (nSPS) is 16.1. The number of carbonyl (C=O) groups excluding carboxylic acids is 1. The van der Waals surface area contributed by atoms with E-state index >= 15 is 0 Å². The van der Waals surface area contributed by atoms with Gasteiger partial charge in [-0.1, -0.05) is 11.3 Å². The Labute approximate surface area is 148 Å². The van der Waals surface area contributed by atoms with Gasteiger partial charge in [-0.3, -0.25) is 9.69 Å². The van der Waals surface area contributed by atoms with Crippen LogP contribution in [0.5, 0.6) is 0 Å². The summed E-state index contributed by atoms with van der Waals surface area (Å²) < 4.78 is 1.94. The Hall–Kier alpha value is -2.33. The number of aromatic nitrogens is 4. The SMILES string of the molecule is Cc1nc(NC(=O)CN2CCC(c3nncn3C)CC2)sc1C(=O)O. The first-order valence-corrected chi connectivity index (χ1v) is 8.82. The van der Waals surface area contributed by atoms with Crippen LogP contribution in [-0.4, -0.2) is 61.3 Å². The lowest BCUT2D eigenvalue weighted by Crippen LogP contribution is -2.39. The summed E-state index contributed by atoms with van der Waals surface area (Å²) in [4.78, 5) is 29.5. The number of carboxylic acids is 1. The van der Waals surface area contributed by atoms with Crippen molar-refractivity contribution in [3.8, 4) is 0 Å². The number of aromatic carboxylic acids is 1. The molecular weight excluding hydrogens is 344 g/mol. The minimum atomic E-state index is -1.03. The van der Waals surface area contributed by atoms with E-state index in [2.05, 4.69) is 25.4 Å². The number of nitrogens with zero attached hydrogens (tertiary/aromatic N) is 5. The van der Waals surface area contributed by atoms with Crippen LogP contribution in [-0.2, 0) is 11.8 Å². The van der Waals surface area contributed by atoms with Crippen LogP contribution in [0.2, 0.25) is 0 Å². The first-order valence-electron chi connectivity index (χ1n) is 8.01. The van der Waals surface area contributed by atoms with Crippen LogP contribution in [0.1, 0.15) is 39.9 Å². The lowest BCUT2D eigenvalue weighted by Gasteiger charge is -2.30. The number of hydrogen-bond acceptors (Lipinski definition) is 7. The predicted octanol–water partition coefficient (Wildman–Crippen LogP) is 1.10. The smallest absolute Gasteiger partial charge is 0.347 e. The van der Waals surface area contributed by atoms with Gasteiger partial charge >= 0.3 is 5.97 Å². The van der Waals surface area contributed by atoms with E-state index < -0.39 is 5.97 Å². The van der Waals surface area contributed by atoms with Gasteiger partial charge in [0.2, 0.25) is 5.91 Å². The predicted molar refractivity (Wildman–Crippen MR) is 91.9 cm³/mol. The monoisotopic (exact) mass is 364 g/mol. The van der Waals surface area contributed by atoms with Crippen molar-refractivity contribution in [3.05, 3.63) is 22.7 Å². The van der Waals surface area contributed by atoms with Crippen molar-refractivity contribution in [1.29, 1.82) is 0 Å². The molecule has 1 amide bonds. The van der Waals surface area contributed by atoms with Gasteiger partial charge in [0.1, 0.15) is 17.0 Å². The summed E-state index contributed by atoms with van der Waals surface area (Å²) in [5.41, 5.74) is 0.414. The lowest BCUT2D eigenvalue weighted by atomic mass is 9.96. The molecule has 3 heterocycles. The Bertz CT molecular complexity index is 778. The van der Waals surface area contributed by atoms with E-state index in [-0.39, 0.29) is 17.3 Å². The second-order valence-electron chi connectivity index (χ2n) is 6.14. The third-order valence-corrected chi connectivity index (χ3v) is 5.36. The minimum Gasteiger partial charge on any atom is -0.477 e. The molecule has 25 heavy (non-hydrogen) atoms. The summed E-state index contributed by atoms with van der Waals surface area (Å²) in [6, 6.07) is 0. The highest BCUT2D eigenvalue weighted by Crippen LogP contribution is 2.26. The number of amides is 1. The summed E-state index contributed by atoms with van der Waals surface area (Å²) in [7, 11) is 1.94. The zero-order chi connectivity index (χ0) is 18.0. The lowest BCUT2D eigenvalue weighted by molar-refractivity contribution is -0.117. The van der Waals surface area contributed by atoms with Crippen LogP contribution < -0.4 is 5.32 Å². The number of thiazole rings is 1. The van der Waals surface area contributed by atoms with Crippen LogP contribution in [0.4, 0.5) is 5.13 Å². The highest BCUT2D eigenvalue weighted by molar-refractivity contribution is 7.17. The second-order valence-corrected chi connectivity index (χ2v) is 7.14. The maximum Gasteiger partial charge on any atom is 0.347 e. The van der Waals surface area contributed by atoms with Crippen molar-refractivity contribution >= 4 is 28.3 Å². The van der Waals surface area contributed by atoms with Gasteiger partial charge < -0.3 is 15.0 Å².